The molecule has 3 aromatic heterocycles. The van der Waals surface area contributed by atoms with Crippen molar-refractivity contribution in [2.24, 2.45) is 7.05 Å². The largest absolute Gasteiger partial charge is 0.340 e. The van der Waals surface area contributed by atoms with Crippen LogP contribution in [-0.4, -0.2) is 37.7 Å². The van der Waals surface area contributed by atoms with Crippen LogP contribution in [0.25, 0.3) is 5.82 Å². The number of hydrogen-bond donors (Lipinski definition) is 2. The lowest BCUT2D eigenvalue weighted by Crippen LogP contribution is -2.14. The Bertz CT molecular complexity index is 1280. The SMILES string of the molecule is Cc1nn(C)c(C)c1S(=O)(=O)Nc1ccc(Nc2cc(-n3ccnc3)ncn2)cc1. The molecule has 154 valence electrons. The first kappa shape index (κ1) is 19.6. The van der Waals surface area contributed by atoms with Gasteiger partial charge in [-0.2, -0.15) is 5.10 Å². The summed E-state index contributed by atoms with van der Waals surface area (Å²) in [4.78, 5) is 12.6. The zero-order valence-corrected chi connectivity index (χ0v) is 17.4. The maximum Gasteiger partial charge on any atom is 0.265 e. The van der Waals surface area contributed by atoms with E-state index in [1.807, 2.05) is 0 Å². The van der Waals surface area contributed by atoms with Gasteiger partial charge in [0.25, 0.3) is 10.0 Å². The minimum absolute atomic E-state index is 0.195. The minimum atomic E-state index is -3.74. The van der Waals surface area contributed by atoms with Gasteiger partial charge in [-0.3, -0.25) is 14.0 Å². The summed E-state index contributed by atoms with van der Waals surface area (Å²) in [5, 5.41) is 7.35. The molecule has 1 aromatic carbocycles. The summed E-state index contributed by atoms with van der Waals surface area (Å²) >= 11 is 0. The molecular weight excluding hydrogens is 404 g/mol. The van der Waals surface area contributed by atoms with Crippen molar-refractivity contribution < 1.29 is 8.42 Å². The third kappa shape index (κ3) is 3.87. The topological polar surface area (TPSA) is 120 Å². The Balaban J connectivity index is 1.50. The summed E-state index contributed by atoms with van der Waals surface area (Å²) in [7, 11) is -2.02. The van der Waals surface area contributed by atoms with Crippen molar-refractivity contribution in [2.45, 2.75) is 18.7 Å². The Kier molecular flexibility index (Phi) is 4.96. The summed E-state index contributed by atoms with van der Waals surface area (Å²) in [6.45, 7) is 3.40. The summed E-state index contributed by atoms with van der Waals surface area (Å²) in [6, 6.07) is 8.67. The molecule has 11 heteroatoms. The van der Waals surface area contributed by atoms with Crippen LogP contribution in [0.2, 0.25) is 0 Å². The molecule has 4 aromatic rings. The molecular formula is C19H20N8O2S. The fourth-order valence-corrected chi connectivity index (χ4v) is 4.57. The molecule has 0 bridgehead atoms. The number of imidazole rings is 1. The molecule has 2 N–H and O–H groups in total. The lowest BCUT2D eigenvalue weighted by atomic mass is 10.3. The van der Waals surface area contributed by atoms with Crippen LogP contribution in [0.3, 0.4) is 0 Å². The molecule has 0 aliphatic rings. The van der Waals surface area contributed by atoms with Crippen LogP contribution in [0.15, 0.2) is 60.3 Å². The number of aryl methyl sites for hydroxylation is 2. The fourth-order valence-electron chi connectivity index (χ4n) is 3.07. The summed E-state index contributed by atoms with van der Waals surface area (Å²) in [6.07, 6.45) is 6.57. The van der Waals surface area contributed by atoms with E-state index in [1.54, 1.807) is 79.2 Å². The van der Waals surface area contributed by atoms with Gasteiger partial charge in [0, 0.05) is 36.9 Å². The molecule has 0 fully saturated rings. The summed E-state index contributed by atoms with van der Waals surface area (Å²) < 4.78 is 31.5. The molecule has 0 radical (unpaired) electrons. The van der Waals surface area contributed by atoms with Crippen molar-refractivity contribution in [1.29, 1.82) is 0 Å². The van der Waals surface area contributed by atoms with Crippen LogP contribution in [0.1, 0.15) is 11.4 Å². The van der Waals surface area contributed by atoms with E-state index in [1.165, 1.54) is 6.33 Å². The van der Waals surface area contributed by atoms with Crippen LogP contribution in [0.4, 0.5) is 17.2 Å². The molecule has 0 saturated heterocycles. The minimum Gasteiger partial charge on any atom is -0.340 e. The predicted molar refractivity (Wildman–Crippen MR) is 112 cm³/mol. The van der Waals surface area contributed by atoms with Gasteiger partial charge >= 0.3 is 0 Å². The highest BCUT2D eigenvalue weighted by Gasteiger charge is 2.23. The molecule has 0 aliphatic carbocycles. The number of benzene rings is 1. The van der Waals surface area contributed by atoms with Crippen molar-refractivity contribution in [3.8, 4) is 5.82 Å². The van der Waals surface area contributed by atoms with Crippen molar-refractivity contribution >= 4 is 27.2 Å². The number of anilines is 3. The maximum absolute atomic E-state index is 12.8. The number of nitrogens with zero attached hydrogens (tertiary/aromatic N) is 6. The van der Waals surface area contributed by atoms with E-state index >= 15 is 0 Å². The van der Waals surface area contributed by atoms with Crippen LogP contribution < -0.4 is 10.0 Å². The zero-order valence-electron chi connectivity index (χ0n) is 16.6. The molecule has 0 amide bonds. The lowest BCUT2D eigenvalue weighted by Gasteiger charge is -2.10. The van der Waals surface area contributed by atoms with Gasteiger partial charge in [-0.15, -0.1) is 0 Å². The van der Waals surface area contributed by atoms with Crippen LogP contribution in [0.5, 0.6) is 0 Å². The van der Waals surface area contributed by atoms with Crippen LogP contribution in [0, 0.1) is 13.8 Å². The molecule has 4 rings (SSSR count). The van der Waals surface area contributed by atoms with E-state index < -0.39 is 10.0 Å². The smallest absolute Gasteiger partial charge is 0.265 e. The van der Waals surface area contributed by atoms with Crippen molar-refractivity contribution in [2.75, 3.05) is 10.0 Å². The van der Waals surface area contributed by atoms with E-state index in [2.05, 4.69) is 30.1 Å². The van der Waals surface area contributed by atoms with Gasteiger partial charge in [0.05, 0.1) is 11.4 Å². The van der Waals surface area contributed by atoms with Gasteiger partial charge < -0.3 is 5.32 Å². The third-order valence-corrected chi connectivity index (χ3v) is 6.18. The van der Waals surface area contributed by atoms with Gasteiger partial charge in [-0.25, -0.2) is 23.4 Å². The Labute approximate surface area is 173 Å². The highest BCUT2D eigenvalue weighted by atomic mass is 32.2. The van der Waals surface area contributed by atoms with E-state index in [-0.39, 0.29) is 4.90 Å². The van der Waals surface area contributed by atoms with E-state index in [9.17, 15) is 8.42 Å². The van der Waals surface area contributed by atoms with Gasteiger partial charge in [0.2, 0.25) is 0 Å². The number of rotatable bonds is 6. The number of aromatic nitrogens is 6. The number of hydrogen-bond acceptors (Lipinski definition) is 7. The van der Waals surface area contributed by atoms with Gasteiger partial charge in [0.15, 0.2) is 0 Å². The van der Waals surface area contributed by atoms with E-state index in [0.29, 0.717) is 28.7 Å². The molecule has 3 heterocycles. The van der Waals surface area contributed by atoms with E-state index in [4.69, 9.17) is 0 Å². The zero-order chi connectivity index (χ0) is 21.3. The Morgan fingerprint density at radius 1 is 1.03 bits per heavy atom. The van der Waals surface area contributed by atoms with Crippen LogP contribution in [-0.2, 0) is 17.1 Å². The second-order valence-electron chi connectivity index (χ2n) is 6.66. The van der Waals surface area contributed by atoms with Crippen molar-refractivity contribution in [1.82, 2.24) is 29.3 Å². The lowest BCUT2D eigenvalue weighted by molar-refractivity contribution is 0.599. The normalized spacial score (nSPS) is 11.4. The number of sulfonamides is 1. The third-order valence-electron chi connectivity index (χ3n) is 4.54. The maximum atomic E-state index is 12.8. The Morgan fingerprint density at radius 3 is 2.40 bits per heavy atom. The van der Waals surface area contributed by atoms with E-state index in [0.717, 1.165) is 5.69 Å². The number of nitrogens with one attached hydrogen (secondary N) is 2. The molecule has 30 heavy (non-hydrogen) atoms. The van der Waals surface area contributed by atoms with Crippen LogP contribution >= 0.6 is 0 Å². The summed E-state index contributed by atoms with van der Waals surface area (Å²) in [5.74, 6) is 1.28. The van der Waals surface area contributed by atoms with Crippen molar-refractivity contribution in [3.63, 3.8) is 0 Å². The average Bonchev–Trinajstić information content (AvgIpc) is 3.32. The second-order valence-corrected chi connectivity index (χ2v) is 8.28. The molecule has 0 unspecified atom stereocenters. The highest BCUT2D eigenvalue weighted by molar-refractivity contribution is 7.92. The average molecular weight is 424 g/mol. The fraction of sp³-hybridized carbons (Fsp3) is 0.158. The molecule has 0 saturated carbocycles. The summed E-state index contributed by atoms with van der Waals surface area (Å²) in [5.41, 5.74) is 2.24. The molecule has 0 spiro atoms. The Hall–Kier alpha value is -3.73. The predicted octanol–water partition coefficient (Wildman–Crippen LogP) is 2.56. The highest BCUT2D eigenvalue weighted by Crippen LogP contribution is 2.24. The first-order valence-electron chi connectivity index (χ1n) is 9.04. The Morgan fingerprint density at radius 2 is 1.77 bits per heavy atom. The first-order chi connectivity index (χ1) is 14.3. The molecule has 0 atom stereocenters. The second kappa shape index (κ2) is 7.59. The first-order valence-corrected chi connectivity index (χ1v) is 10.5. The van der Waals surface area contributed by atoms with Gasteiger partial charge in [-0.1, -0.05) is 0 Å². The standard InChI is InChI=1S/C19H20N8O2S/c1-13-19(14(2)26(3)24-13)30(28,29)25-16-6-4-15(5-7-16)23-17-10-18(22-11-21-17)27-9-8-20-12-27/h4-12,25H,1-3H3,(H,21,22,23). The quantitative estimate of drug-likeness (QED) is 0.488. The monoisotopic (exact) mass is 424 g/mol. The molecule has 10 nitrogen and oxygen atoms in total. The van der Waals surface area contributed by atoms with Gasteiger partial charge in [0.1, 0.15) is 29.2 Å². The van der Waals surface area contributed by atoms with Gasteiger partial charge in [-0.05, 0) is 38.1 Å². The molecule has 0 aliphatic heterocycles. The van der Waals surface area contributed by atoms with Crippen molar-refractivity contribution in [3.05, 3.63) is 66.8 Å².